The number of Topliss-reactive ketones (excluding diaryl/α,β-unsaturated/α-hetero) is 1. The SMILES string of the molecule is O=C(NCC1(O)C2C3CC4C5C3CC2C5C41)Nc1ccc2c(c1)CCCC2=O. The van der Waals surface area contributed by atoms with Crippen LogP contribution in [0.2, 0.25) is 0 Å². The molecule has 146 valence electrons. The number of rotatable bonds is 3. The van der Waals surface area contributed by atoms with E-state index in [1.54, 1.807) is 6.07 Å². The molecular weight excluding hydrogens is 352 g/mol. The summed E-state index contributed by atoms with van der Waals surface area (Å²) < 4.78 is 0. The Balaban J connectivity index is 1.06. The van der Waals surface area contributed by atoms with Crippen LogP contribution in [0.25, 0.3) is 0 Å². The van der Waals surface area contributed by atoms with Crippen molar-refractivity contribution < 1.29 is 14.7 Å². The van der Waals surface area contributed by atoms with Gasteiger partial charge in [-0.15, -0.1) is 0 Å². The highest BCUT2D eigenvalue weighted by molar-refractivity contribution is 5.99. The average Bonchev–Trinajstić information content (AvgIpc) is 3.19. The van der Waals surface area contributed by atoms with Crippen LogP contribution in [0, 0.1) is 47.3 Å². The number of aliphatic hydroxyl groups is 1. The zero-order chi connectivity index (χ0) is 18.8. The van der Waals surface area contributed by atoms with Crippen LogP contribution in [-0.4, -0.2) is 29.1 Å². The Labute approximate surface area is 164 Å². The topological polar surface area (TPSA) is 78.4 Å². The van der Waals surface area contributed by atoms with Crippen LogP contribution in [0.5, 0.6) is 0 Å². The summed E-state index contributed by atoms with van der Waals surface area (Å²) in [4.78, 5) is 24.5. The van der Waals surface area contributed by atoms with E-state index in [1.807, 2.05) is 12.1 Å². The highest BCUT2D eigenvalue weighted by Gasteiger charge is 2.84. The first-order chi connectivity index (χ1) is 13.6. The van der Waals surface area contributed by atoms with Crippen molar-refractivity contribution in [3.05, 3.63) is 29.3 Å². The van der Waals surface area contributed by atoms with E-state index < -0.39 is 5.60 Å². The van der Waals surface area contributed by atoms with Gasteiger partial charge in [-0.25, -0.2) is 4.79 Å². The molecule has 6 aliphatic rings. The number of fused-ring (bicyclic) bond motifs is 3. The third-order valence-electron chi connectivity index (χ3n) is 9.56. The van der Waals surface area contributed by atoms with Crippen LogP contribution in [0.3, 0.4) is 0 Å². The van der Waals surface area contributed by atoms with Gasteiger partial charge in [-0.3, -0.25) is 4.79 Å². The summed E-state index contributed by atoms with van der Waals surface area (Å²) in [6, 6.07) is 5.30. The minimum Gasteiger partial charge on any atom is -0.387 e. The number of anilines is 1. The number of ketones is 1. The lowest BCUT2D eigenvalue weighted by Crippen LogP contribution is -2.59. The number of carbonyl (C=O) groups is 2. The summed E-state index contributed by atoms with van der Waals surface area (Å²) in [5.41, 5.74) is 1.85. The van der Waals surface area contributed by atoms with Crippen LogP contribution >= 0.6 is 0 Å². The van der Waals surface area contributed by atoms with Crippen molar-refractivity contribution in [2.45, 2.75) is 37.7 Å². The van der Waals surface area contributed by atoms with Crippen molar-refractivity contribution in [2.75, 3.05) is 11.9 Å². The molecule has 5 saturated carbocycles. The molecule has 1 aromatic rings. The van der Waals surface area contributed by atoms with Crippen LogP contribution in [0.4, 0.5) is 10.5 Å². The van der Waals surface area contributed by atoms with Gasteiger partial charge in [0.2, 0.25) is 0 Å². The summed E-state index contributed by atoms with van der Waals surface area (Å²) in [6.45, 7) is 0.372. The fourth-order valence-electron chi connectivity index (χ4n) is 9.08. The maximum absolute atomic E-state index is 12.5. The van der Waals surface area contributed by atoms with E-state index in [0.29, 0.717) is 30.7 Å². The third kappa shape index (κ3) is 1.70. The van der Waals surface area contributed by atoms with E-state index in [9.17, 15) is 14.7 Å². The monoisotopic (exact) mass is 378 g/mol. The van der Waals surface area contributed by atoms with E-state index in [0.717, 1.165) is 59.2 Å². The van der Waals surface area contributed by atoms with Crippen LogP contribution in [0.15, 0.2) is 18.2 Å². The quantitative estimate of drug-likeness (QED) is 0.757. The molecule has 0 aliphatic heterocycles. The molecule has 0 aromatic heterocycles. The highest BCUT2D eigenvalue weighted by Crippen LogP contribution is 2.85. The number of benzene rings is 1. The molecule has 9 atom stereocenters. The third-order valence-corrected chi connectivity index (χ3v) is 9.56. The molecule has 0 radical (unpaired) electrons. The van der Waals surface area contributed by atoms with Crippen molar-refractivity contribution in [2.24, 2.45) is 47.3 Å². The molecule has 5 heteroatoms. The number of hydrogen-bond acceptors (Lipinski definition) is 3. The van der Waals surface area contributed by atoms with Gasteiger partial charge in [-0.1, -0.05) is 0 Å². The summed E-state index contributed by atoms with van der Waals surface area (Å²) in [5, 5.41) is 17.5. The summed E-state index contributed by atoms with van der Waals surface area (Å²) in [7, 11) is 0. The molecule has 5 nitrogen and oxygen atoms in total. The van der Waals surface area contributed by atoms with Gasteiger partial charge in [-0.05, 0) is 96.8 Å². The maximum atomic E-state index is 12.5. The predicted octanol–water partition coefficient (Wildman–Crippen LogP) is 2.84. The largest absolute Gasteiger partial charge is 0.387 e. The zero-order valence-electron chi connectivity index (χ0n) is 15.9. The zero-order valence-corrected chi connectivity index (χ0v) is 15.9. The molecule has 2 bridgehead atoms. The molecule has 28 heavy (non-hydrogen) atoms. The number of urea groups is 1. The molecule has 0 saturated heterocycles. The standard InChI is InChI=1S/C23H26N2O3/c26-17-3-1-2-10-6-11(4-5-12(10)17)25-22(27)24-9-23(28)20-14-8-15-18-13(14)7-16(20)19(18)21(15)23/h4-6,13-16,18-21,28H,1-3,7-9H2,(H2,24,25,27). The highest BCUT2D eigenvalue weighted by atomic mass is 16.3. The van der Waals surface area contributed by atoms with Crippen molar-refractivity contribution in [3.8, 4) is 0 Å². The molecule has 7 rings (SSSR count). The van der Waals surface area contributed by atoms with Gasteiger partial charge in [0.05, 0.1) is 5.60 Å². The second-order valence-electron chi connectivity index (χ2n) is 10.3. The molecule has 6 aliphatic carbocycles. The number of hydrogen-bond donors (Lipinski definition) is 3. The van der Waals surface area contributed by atoms with Crippen LogP contribution in [-0.2, 0) is 6.42 Å². The molecule has 9 unspecified atom stereocenters. The van der Waals surface area contributed by atoms with Gasteiger partial charge in [-0.2, -0.15) is 0 Å². The van der Waals surface area contributed by atoms with Crippen molar-refractivity contribution >= 4 is 17.5 Å². The Morgan fingerprint density at radius 2 is 1.89 bits per heavy atom. The summed E-state index contributed by atoms with van der Waals surface area (Å²) >= 11 is 0. The maximum Gasteiger partial charge on any atom is 0.319 e. The Kier molecular flexibility index (Phi) is 2.85. The number of amides is 2. The number of aryl methyl sites for hydroxylation is 1. The summed E-state index contributed by atoms with van der Waals surface area (Å²) in [5.74, 6) is 5.70. The average molecular weight is 378 g/mol. The molecule has 1 aromatic carbocycles. The van der Waals surface area contributed by atoms with Crippen LogP contribution in [0.1, 0.15) is 41.6 Å². The lowest BCUT2D eigenvalue weighted by atomic mass is 9.56. The minimum absolute atomic E-state index is 0.197. The van der Waals surface area contributed by atoms with Crippen molar-refractivity contribution in [3.63, 3.8) is 0 Å². The molecular formula is C23H26N2O3. The van der Waals surface area contributed by atoms with Gasteiger partial charge >= 0.3 is 6.03 Å². The van der Waals surface area contributed by atoms with Gasteiger partial charge < -0.3 is 15.7 Å². The van der Waals surface area contributed by atoms with E-state index in [1.165, 1.54) is 12.8 Å². The van der Waals surface area contributed by atoms with Gasteiger partial charge in [0.25, 0.3) is 0 Å². The Morgan fingerprint density at radius 3 is 2.79 bits per heavy atom. The Hall–Kier alpha value is -1.88. The second kappa shape index (κ2) is 4.99. The van der Waals surface area contributed by atoms with Crippen molar-refractivity contribution in [1.29, 1.82) is 0 Å². The molecule has 0 heterocycles. The lowest BCUT2D eigenvalue weighted by Gasteiger charge is -2.51. The first-order valence-electron chi connectivity index (χ1n) is 11.0. The molecule has 2 amide bonds. The van der Waals surface area contributed by atoms with Crippen LogP contribution < -0.4 is 10.6 Å². The Morgan fingerprint density at radius 1 is 1.07 bits per heavy atom. The van der Waals surface area contributed by atoms with Crippen molar-refractivity contribution in [1.82, 2.24) is 5.32 Å². The fourth-order valence-corrected chi connectivity index (χ4v) is 9.08. The normalized spacial score (nSPS) is 48.0. The van der Waals surface area contributed by atoms with Gasteiger partial charge in [0, 0.05) is 24.2 Å². The smallest absolute Gasteiger partial charge is 0.319 e. The lowest BCUT2D eigenvalue weighted by molar-refractivity contribution is -0.126. The minimum atomic E-state index is -0.690. The Bertz CT molecular complexity index is 922. The van der Waals surface area contributed by atoms with E-state index in [-0.39, 0.29) is 11.8 Å². The van der Waals surface area contributed by atoms with E-state index >= 15 is 0 Å². The fraction of sp³-hybridized carbons (Fsp3) is 0.652. The van der Waals surface area contributed by atoms with E-state index in [4.69, 9.17) is 0 Å². The van der Waals surface area contributed by atoms with E-state index in [2.05, 4.69) is 10.6 Å². The van der Waals surface area contributed by atoms with Gasteiger partial charge in [0.1, 0.15) is 0 Å². The molecule has 5 fully saturated rings. The number of nitrogens with one attached hydrogen (secondary N) is 2. The number of carbonyl (C=O) groups excluding carboxylic acids is 2. The summed E-state index contributed by atoms with van der Waals surface area (Å²) in [6.07, 6.45) is 5.05. The second-order valence-corrected chi connectivity index (χ2v) is 10.3. The molecule has 0 spiro atoms. The van der Waals surface area contributed by atoms with Gasteiger partial charge in [0.15, 0.2) is 5.78 Å². The predicted molar refractivity (Wildman–Crippen MR) is 103 cm³/mol. The molecule has 3 N–H and O–H groups in total. The first kappa shape index (κ1) is 16.0. The first-order valence-corrected chi connectivity index (χ1v) is 11.0.